The maximum Gasteiger partial charge on any atom is 0.274 e. The van der Waals surface area contributed by atoms with Crippen molar-refractivity contribution in [3.05, 3.63) is 58.0 Å². The first-order valence-electron chi connectivity index (χ1n) is 8.67. The molecule has 6 nitrogen and oxygen atoms in total. The second-order valence-corrected chi connectivity index (χ2v) is 6.21. The molecule has 1 amide bonds. The summed E-state index contributed by atoms with van der Waals surface area (Å²) in [6.07, 6.45) is 2.67. The highest BCUT2D eigenvalue weighted by atomic mass is 16.5. The number of hydrogen-bond acceptors (Lipinski definition) is 4. The lowest BCUT2D eigenvalue weighted by molar-refractivity contribution is 0.0726. The highest BCUT2D eigenvalue weighted by Gasteiger charge is 2.31. The van der Waals surface area contributed by atoms with E-state index in [0.29, 0.717) is 18.8 Å². The van der Waals surface area contributed by atoms with Gasteiger partial charge in [0.05, 0.1) is 13.2 Å². The standard InChI is InChI=1S/C19H23N3O3/c1-3-12-22-18(23)11-10-16(20-22)19(24)21-13-4-5-17(21)14-6-8-15(25-2)9-7-14/h6-11,17H,3-5,12-13H2,1-2H3. The molecule has 3 rings (SSSR count). The quantitative estimate of drug-likeness (QED) is 0.839. The topological polar surface area (TPSA) is 64.4 Å². The van der Waals surface area contributed by atoms with E-state index in [1.54, 1.807) is 7.11 Å². The van der Waals surface area contributed by atoms with Gasteiger partial charge in [-0.2, -0.15) is 5.10 Å². The van der Waals surface area contributed by atoms with Crippen molar-refractivity contribution in [3.63, 3.8) is 0 Å². The van der Waals surface area contributed by atoms with Crippen LogP contribution < -0.4 is 10.3 Å². The van der Waals surface area contributed by atoms with Crippen LogP contribution in [0, 0.1) is 0 Å². The Morgan fingerprint density at radius 2 is 2.00 bits per heavy atom. The van der Waals surface area contributed by atoms with Crippen LogP contribution in [0.3, 0.4) is 0 Å². The van der Waals surface area contributed by atoms with Gasteiger partial charge in [-0.15, -0.1) is 0 Å². The fraction of sp³-hybridized carbons (Fsp3) is 0.421. The van der Waals surface area contributed by atoms with Crippen molar-refractivity contribution < 1.29 is 9.53 Å². The molecule has 0 saturated carbocycles. The van der Waals surface area contributed by atoms with Crippen molar-refractivity contribution in [2.24, 2.45) is 0 Å². The maximum absolute atomic E-state index is 12.9. The first-order chi connectivity index (χ1) is 12.1. The van der Waals surface area contributed by atoms with Crippen LogP contribution in [0.2, 0.25) is 0 Å². The van der Waals surface area contributed by atoms with Gasteiger partial charge >= 0.3 is 0 Å². The molecule has 1 unspecified atom stereocenters. The molecule has 1 fully saturated rings. The average molecular weight is 341 g/mol. The number of rotatable bonds is 5. The normalized spacial score (nSPS) is 16.9. The van der Waals surface area contributed by atoms with Crippen LogP contribution >= 0.6 is 0 Å². The van der Waals surface area contributed by atoms with E-state index in [4.69, 9.17) is 4.74 Å². The van der Waals surface area contributed by atoms with Crippen molar-refractivity contribution in [1.82, 2.24) is 14.7 Å². The second-order valence-electron chi connectivity index (χ2n) is 6.21. The number of methoxy groups -OCH3 is 1. The molecule has 1 aromatic heterocycles. The zero-order valence-corrected chi connectivity index (χ0v) is 14.6. The molecular formula is C19H23N3O3. The van der Waals surface area contributed by atoms with E-state index in [9.17, 15) is 9.59 Å². The Balaban J connectivity index is 1.85. The molecule has 0 N–H and O–H groups in total. The van der Waals surface area contributed by atoms with Crippen molar-refractivity contribution in [3.8, 4) is 5.75 Å². The van der Waals surface area contributed by atoms with Gasteiger partial charge in [0.2, 0.25) is 0 Å². The van der Waals surface area contributed by atoms with Gasteiger partial charge in [0.15, 0.2) is 0 Å². The van der Waals surface area contributed by atoms with Crippen LogP contribution in [0.5, 0.6) is 5.75 Å². The molecule has 1 aliphatic heterocycles. The Kier molecular flexibility index (Phi) is 5.16. The first-order valence-corrected chi connectivity index (χ1v) is 8.67. The van der Waals surface area contributed by atoms with Gasteiger partial charge in [-0.05, 0) is 43.0 Å². The number of hydrogen-bond donors (Lipinski definition) is 0. The van der Waals surface area contributed by atoms with Crippen LogP contribution in [0.4, 0.5) is 0 Å². The number of likely N-dealkylation sites (tertiary alicyclic amines) is 1. The molecule has 0 radical (unpaired) electrons. The molecule has 132 valence electrons. The van der Waals surface area contributed by atoms with Gasteiger partial charge in [0.1, 0.15) is 11.4 Å². The number of nitrogens with zero attached hydrogens (tertiary/aromatic N) is 3. The van der Waals surface area contributed by atoms with Gasteiger partial charge in [-0.25, -0.2) is 4.68 Å². The number of carbonyl (C=O) groups excluding carboxylic acids is 1. The van der Waals surface area contributed by atoms with Gasteiger partial charge < -0.3 is 9.64 Å². The zero-order valence-electron chi connectivity index (χ0n) is 14.6. The fourth-order valence-electron chi connectivity index (χ4n) is 3.26. The summed E-state index contributed by atoms with van der Waals surface area (Å²) in [5, 5.41) is 4.25. The van der Waals surface area contributed by atoms with Crippen LogP contribution in [-0.4, -0.2) is 34.2 Å². The van der Waals surface area contributed by atoms with Gasteiger partial charge in [-0.3, -0.25) is 9.59 Å². The van der Waals surface area contributed by atoms with Crippen LogP contribution in [-0.2, 0) is 6.54 Å². The summed E-state index contributed by atoms with van der Waals surface area (Å²) in [6.45, 7) is 3.19. The lowest BCUT2D eigenvalue weighted by Crippen LogP contribution is -2.33. The average Bonchev–Trinajstić information content (AvgIpc) is 3.13. The second kappa shape index (κ2) is 7.51. The Hall–Kier alpha value is -2.63. The summed E-state index contributed by atoms with van der Waals surface area (Å²) in [5.74, 6) is 0.677. The van der Waals surface area contributed by atoms with Crippen molar-refractivity contribution >= 4 is 5.91 Å². The number of aromatic nitrogens is 2. The van der Waals surface area contributed by atoms with E-state index in [2.05, 4.69) is 5.10 Å². The Labute approximate surface area is 147 Å². The molecule has 2 heterocycles. The minimum atomic E-state index is -0.175. The number of aryl methyl sites for hydroxylation is 1. The predicted octanol–water partition coefficient (Wildman–Crippen LogP) is 2.64. The number of benzene rings is 1. The molecule has 2 aromatic rings. The third kappa shape index (κ3) is 3.57. The van der Waals surface area contributed by atoms with Crippen LogP contribution in [0.15, 0.2) is 41.2 Å². The summed E-state index contributed by atoms with van der Waals surface area (Å²) in [5.41, 5.74) is 1.24. The largest absolute Gasteiger partial charge is 0.497 e. The molecular weight excluding hydrogens is 318 g/mol. The molecule has 25 heavy (non-hydrogen) atoms. The smallest absolute Gasteiger partial charge is 0.274 e. The van der Waals surface area contributed by atoms with E-state index >= 15 is 0 Å². The SMILES string of the molecule is CCCn1nc(C(=O)N2CCCC2c2ccc(OC)cc2)ccc1=O. The van der Waals surface area contributed by atoms with Gasteiger partial charge in [0.25, 0.3) is 11.5 Å². The Morgan fingerprint density at radius 3 is 2.68 bits per heavy atom. The molecule has 0 bridgehead atoms. The highest BCUT2D eigenvalue weighted by Crippen LogP contribution is 2.33. The zero-order chi connectivity index (χ0) is 17.8. The third-order valence-corrected chi connectivity index (χ3v) is 4.54. The molecule has 1 aromatic carbocycles. The van der Waals surface area contributed by atoms with Gasteiger partial charge in [0, 0.05) is 19.2 Å². The highest BCUT2D eigenvalue weighted by molar-refractivity contribution is 5.92. The summed E-state index contributed by atoms with van der Waals surface area (Å²) >= 11 is 0. The minimum Gasteiger partial charge on any atom is -0.497 e. The molecule has 1 saturated heterocycles. The summed E-state index contributed by atoms with van der Waals surface area (Å²) in [6, 6.07) is 10.8. The van der Waals surface area contributed by atoms with E-state index < -0.39 is 0 Å². The number of amides is 1. The van der Waals surface area contributed by atoms with E-state index in [-0.39, 0.29) is 17.5 Å². The lowest BCUT2D eigenvalue weighted by atomic mass is 10.0. The number of ether oxygens (including phenoxy) is 1. The predicted molar refractivity (Wildman–Crippen MR) is 94.8 cm³/mol. The monoisotopic (exact) mass is 341 g/mol. The van der Waals surface area contributed by atoms with Crippen LogP contribution in [0.1, 0.15) is 48.3 Å². The van der Waals surface area contributed by atoms with E-state index in [1.807, 2.05) is 36.1 Å². The van der Waals surface area contributed by atoms with Gasteiger partial charge in [-0.1, -0.05) is 19.1 Å². The summed E-state index contributed by atoms with van der Waals surface area (Å²) in [4.78, 5) is 26.6. The first kappa shape index (κ1) is 17.2. The molecule has 1 atom stereocenters. The summed E-state index contributed by atoms with van der Waals surface area (Å²) in [7, 11) is 1.64. The fourth-order valence-corrected chi connectivity index (χ4v) is 3.26. The third-order valence-electron chi connectivity index (χ3n) is 4.54. The maximum atomic E-state index is 12.9. The Morgan fingerprint density at radius 1 is 1.24 bits per heavy atom. The van der Waals surface area contributed by atoms with Crippen molar-refractivity contribution in [2.75, 3.05) is 13.7 Å². The lowest BCUT2D eigenvalue weighted by Gasteiger charge is -2.25. The van der Waals surface area contributed by atoms with Crippen molar-refractivity contribution in [2.45, 2.75) is 38.8 Å². The number of carbonyl (C=O) groups is 1. The molecule has 1 aliphatic rings. The Bertz CT molecular complexity index is 798. The molecule has 6 heteroatoms. The summed E-state index contributed by atoms with van der Waals surface area (Å²) < 4.78 is 6.57. The molecule has 0 spiro atoms. The van der Waals surface area contributed by atoms with Crippen LogP contribution in [0.25, 0.3) is 0 Å². The van der Waals surface area contributed by atoms with E-state index in [1.165, 1.54) is 16.8 Å². The minimum absolute atomic E-state index is 0.0340. The van der Waals surface area contributed by atoms with E-state index in [0.717, 1.165) is 30.6 Å². The molecule has 0 aliphatic carbocycles. The van der Waals surface area contributed by atoms with Crippen molar-refractivity contribution in [1.29, 1.82) is 0 Å².